The average Bonchev–Trinajstić information content (AvgIpc) is 3.60. The van der Waals surface area contributed by atoms with Crippen LogP contribution in [0.25, 0.3) is 0 Å². The molecule has 0 fully saturated rings. The van der Waals surface area contributed by atoms with Gasteiger partial charge in [0, 0.05) is 47.1 Å². The molecule has 2 unspecified atom stereocenters. The van der Waals surface area contributed by atoms with Crippen LogP contribution in [0.2, 0.25) is 0 Å². The maximum Gasteiger partial charge on any atom is 0.235 e. The molecule has 2 atom stereocenters. The number of aliphatic imine (C=N–C) groups is 1. The third-order valence-corrected chi connectivity index (χ3v) is 7.75. The van der Waals surface area contributed by atoms with Crippen LogP contribution < -0.4 is 15.5 Å². The molecule has 40 heavy (non-hydrogen) atoms. The summed E-state index contributed by atoms with van der Waals surface area (Å²) < 4.78 is 25.8. The van der Waals surface area contributed by atoms with E-state index < -0.39 is 17.0 Å². The summed E-state index contributed by atoms with van der Waals surface area (Å²) in [6.07, 6.45) is 6.45. The van der Waals surface area contributed by atoms with E-state index in [-0.39, 0.29) is 11.9 Å². The maximum atomic E-state index is 13.1. The third kappa shape index (κ3) is 5.01. The number of nitrogens with zero attached hydrogens (tertiary/aromatic N) is 2. The van der Waals surface area contributed by atoms with Crippen LogP contribution in [0, 0.1) is 11.6 Å². The molecule has 0 saturated carbocycles. The van der Waals surface area contributed by atoms with E-state index in [1.54, 1.807) is 6.21 Å². The summed E-state index contributed by atoms with van der Waals surface area (Å²) in [5, 5.41) is 6.59. The van der Waals surface area contributed by atoms with Gasteiger partial charge in [0.05, 0.1) is 5.41 Å². The number of carbonyl (C=O) groups is 2. The number of anilines is 3. The molecule has 2 aliphatic heterocycles. The molecule has 3 aromatic rings. The summed E-state index contributed by atoms with van der Waals surface area (Å²) in [5.41, 5.74) is 7.01. The number of rotatable bonds is 5. The SMILES string of the molecule is CC=N/C(C)=C\C(C)Nc1ccc2c(c1)CC1(C2)C(=O)Nc2ccccc21.O=CN1CCc2c1ccc(F)c2F. The Morgan fingerprint density at radius 2 is 1.90 bits per heavy atom. The maximum absolute atomic E-state index is 13.1. The van der Waals surface area contributed by atoms with Crippen LogP contribution >= 0.6 is 0 Å². The lowest BCUT2D eigenvalue weighted by Crippen LogP contribution is -2.35. The average molecular weight is 543 g/mol. The highest BCUT2D eigenvalue weighted by Crippen LogP contribution is 2.47. The number of halogens is 2. The lowest BCUT2D eigenvalue weighted by Gasteiger charge is -2.20. The molecule has 2 heterocycles. The predicted octanol–water partition coefficient (Wildman–Crippen LogP) is 5.95. The van der Waals surface area contributed by atoms with Crippen LogP contribution in [0.4, 0.5) is 25.8 Å². The van der Waals surface area contributed by atoms with Gasteiger partial charge in [-0.2, -0.15) is 0 Å². The molecule has 3 aliphatic rings. The summed E-state index contributed by atoms with van der Waals surface area (Å²) in [7, 11) is 0. The first-order chi connectivity index (χ1) is 19.3. The van der Waals surface area contributed by atoms with Gasteiger partial charge in [-0.3, -0.25) is 14.6 Å². The quantitative estimate of drug-likeness (QED) is 0.309. The Balaban J connectivity index is 0.000000207. The zero-order chi connectivity index (χ0) is 28.4. The highest BCUT2D eigenvalue weighted by atomic mass is 19.2. The van der Waals surface area contributed by atoms with Crippen molar-refractivity contribution in [2.24, 2.45) is 4.99 Å². The lowest BCUT2D eigenvalue weighted by molar-refractivity contribution is -0.120. The minimum Gasteiger partial charge on any atom is -0.379 e. The number of hydrogen-bond acceptors (Lipinski definition) is 4. The fourth-order valence-electron chi connectivity index (χ4n) is 5.95. The molecule has 2 N–H and O–H groups in total. The molecule has 1 spiro atoms. The number of hydrogen-bond donors (Lipinski definition) is 2. The van der Waals surface area contributed by atoms with Gasteiger partial charge in [-0.15, -0.1) is 0 Å². The second-order valence-corrected chi connectivity index (χ2v) is 10.5. The number of nitrogens with one attached hydrogen (secondary N) is 2. The predicted molar refractivity (Wildman–Crippen MR) is 155 cm³/mol. The Bertz CT molecular complexity index is 1530. The van der Waals surface area contributed by atoms with E-state index in [2.05, 4.69) is 52.9 Å². The molecule has 8 heteroatoms. The Hall–Kier alpha value is -4.33. The first-order valence-electron chi connectivity index (χ1n) is 13.4. The Morgan fingerprint density at radius 1 is 1.12 bits per heavy atom. The number of para-hydroxylation sites is 1. The van der Waals surface area contributed by atoms with Crippen LogP contribution in [0.3, 0.4) is 0 Å². The van der Waals surface area contributed by atoms with Crippen LogP contribution in [0.1, 0.15) is 43.0 Å². The number of benzene rings is 3. The van der Waals surface area contributed by atoms with E-state index in [1.165, 1.54) is 22.1 Å². The molecule has 3 aromatic carbocycles. The molecule has 0 radical (unpaired) electrons. The van der Waals surface area contributed by atoms with E-state index in [1.807, 2.05) is 32.0 Å². The molecule has 0 aromatic heterocycles. The number of allylic oxidation sites excluding steroid dienone is 1. The van der Waals surface area contributed by atoms with Gasteiger partial charge in [0.25, 0.3) is 0 Å². The molecular weight excluding hydrogens is 510 g/mol. The summed E-state index contributed by atoms with van der Waals surface area (Å²) in [4.78, 5) is 29.0. The van der Waals surface area contributed by atoms with Gasteiger partial charge in [-0.25, -0.2) is 8.78 Å². The molecule has 6 nitrogen and oxygen atoms in total. The van der Waals surface area contributed by atoms with Gasteiger partial charge in [-0.05, 0) is 93.1 Å². The molecule has 206 valence electrons. The Labute approximate surface area is 232 Å². The van der Waals surface area contributed by atoms with Gasteiger partial charge >= 0.3 is 0 Å². The van der Waals surface area contributed by atoms with Crippen molar-refractivity contribution < 1.29 is 18.4 Å². The second kappa shape index (κ2) is 11.0. The molecule has 0 saturated heterocycles. The van der Waals surface area contributed by atoms with Crippen molar-refractivity contribution in [3.63, 3.8) is 0 Å². The highest BCUT2D eigenvalue weighted by molar-refractivity contribution is 6.07. The van der Waals surface area contributed by atoms with Crippen molar-refractivity contribution in [3.05, 3.63) is 100 Å². The van der Waals surface area contributed by atoms with Crippen molar-refractivity contribution in [3.8, 4) is 0 Å². The Morgan fingerprint density at radius 3 is 2.67 bits per heavy atom. The van der Waals surface area contributed by atoms with E-state index in [0.29, 0.717) is 30.6 Å². The zero-order valence-corrected chi connectivity index (χ0v) is 22.8. The monoisotopic (exact) mass is 542 g/mol. The first-order valence-corrected chi connectivity index (χ1v) is 13.4. The lowest BCUT2D eigenvalue weighted by atomic mass is 9.79. The van der Waals surface area contributed by atoms with Gasteiger partial charge < -0.3 is 15.5 Å². The van der Waals surface area contributed by atoms with E-state index in [9.17, 15) is 18.4 Å². The van der Waals surface area contributed by atoms with Crippen molar-refractivity contribution in [2.45, 2.75) is 51.5 Å². The molecule has 1 aliphatic carbocycles. The Kier molecular flexibility index (Phi) is 7.52. The van der Waals surface area contributed by atoms with Crippen LogP contribution in [0.15, 0.2) is 71.4 Å². The van der Waals surface area contributed by atoms with Crippen molar-refractivity contribution in [1.82, 2.24) is 0 Å². The number of amides is 2. The van der Waals surface area contributed by atoms with E-state index in [4.69, 9.17) is 0 Å². The third-order valence-electron chi connectivity index (χ3n) is 7.75. The van der Waals surface area contributed by atoms with Crippen molar-refractivity contribution in [2.75, 3.05) is 22.1 Å². The molecule has 6 rings (SSSR count). The minimum absolute atomic E-state index is 0.124. The molecule has 0 bridgehead atoms. The summed E-state index contributed by atoms with van der Waals surface area (Å²) in [5.74, 6) is -1.56. The van der Waals surface area contributed by atoms with Gasteiger partial charge in [0.15, 0.2) is 11.6 Å². The van der Waals surface area contributed by atoms with E-state index in [0.717, 1.165) is 41.5 Å². The van der Waals surface area contributed by atoms with Crippen LogP contribution in [-0.2, 0) is 34.3 Å². The zero-order valence-electron chi connectivity index (χ0n) is 22.8. The fraction of sp³-hybridized carbons (Fsp3) is 0.281. The second-order valence-electron chi connectivity index (χ2n) is 10.5. The first kappa shape index (κ1) is 27.2. The summed E-state index contributed by atoms with van der Waals surface area (Å²) in [6, 6.07) is 17.2. The van der Waals surface area contributed by atoms with E-state index >= 15 is 0 Å². The standard InChI is InChI=1S/C23H25N3O.C9H7F2NO/c1-4-24-15(2)11-16(3)25-19-10-9-17-13-23(14-18(17)12-19)20-7-5-6-8-21(20)26-22(23)27;10-7-1-2-8-6(9(7)11)3-4-12(8)5-13/h4-12,16,25H,13-14H2,1-3H3,(H,26,27);1-2,5H,3-4H2/b15-11-,24-4?;. The number of carbonyl (C=O) groups excluding carboxylic acids is 2. The largest absolute Gasteiger partial charge is 0.379 e. The van der Waals surface area contributed by atoms with Crippen molar-refractivity contribution >= 4 is 35.6 Å². The van der Waals surface area contributed by atoms with Crippen molar-refractivity contribution in [1.29, 1.82) is 0 Å². The highest BCUT2D eigenvalue weighted by Gasteiger charge is 2.50. The van der Waals surface area contributed by atoms with Crippen LogP contribution in [-0.4, -0.2) is 31.1 Å². The topological polar surface area (TPSA) is 73.8 Å². The normalized spacial score (nSPS) is 19.6. The fourth-order valence-corrected chi connectivity index (χ4v) is 5.95. The van der Waals surface area contributed by atoms with Gasteiger partial charge in [-0.1, -0.05) is 24.3 Å². The van der Waals surface area contributed by atoms with Crippen LogP contribution in [0.5, 0.6) is 0 Å². The summed E-state index contributed by atoms with van der Waals surface area (Å²) >= 11 is 0. The molecular formula is C32H32F2N4O2. The van der Waals surface area contributed by atoms with Gasteiger partial charge in [0.1, 0.15) is 0 Å². The smallest absolute Gasteiger partial charge is 0.235 e. The summed E-state index contributed by atoms with van der Waals surface area (Å²) in [6.45, 7) is 6.47. The van der Waals surface area contributed by atoms with Gasteiger partial charge in [0.2, 0.25) is 12.3 Å². The minimum atomic E-state index is -0.855. The number of fused-ring (bicyclic) bond motifs is 4. The molecule has 2 amide bonds.